The predicted molar refractivity (Wildman–Crippen MR) is 46.0 cm³/mol. The van der Waals surface area contributed by atoms with Crippen LogP contribution in [0.3, 0.4) is 0 Å². The first kappa shape index (κ1) is 8.65. The molecule has 0 aliphatic heterocycles. The van der Waals surface area contributed by atoms with E-state index in [9.17, 15) is 9.59 Å². The number of rotatable bonds is 3. The van der Waals surface area contributed by atoms with Gasteiger partial charge in [-0.05, 0) is 18.1 Å². The van der Waals surface area contributed by atoms with Crippen molar-refractivity contribution in [2.24, 2.45) is 0 Å². The van der Waals surface area contributed by atoms with Crippen LogP contribution >= 0.6 is 0 Å². The lowest BCUT2D eigenvalue weighted by Crippen LogP contribution is -2.04. The van der Waals surface area contributed by atoms with Gasteiger partial charge in [0, 0.05) is 6.42 Å². The lowest BCUT2D eigenvalue weighted by Gasteiger charge is -2.00. The molecule has 0 amide bonds. The summed E-state index contributed by atoms with van der Waals surface area (Å²) in [5, 5.41) is 0. The van der Waals surface area contributed by atoms with Crippen LogP contribution < -0.4 is 0 Å². The number of benzene rings is 1. The van der Waals surface area contributed by atoms with Crippen molar-refractivity contribution >= 4 is 12.1 Å². The summed E-state index contributed by atoms with van der Waals surface area (Å²) in [5.41, 5.74) is 1.97. The van der Waals surface area contributed by atoms with Gasteiger partial charge in [0.15, 0.2) is 12.1 Å². The first-order chi connectivity index (χ1) is 5.74. The third kappa shape index (κ3) is 2.02. The van der Waals surface area contributed by atoms with Crippen molar-refractivity contribution in [3.05, 3.63) is 35.4 Å². The van der Waals surface area contributed by atoms with E-state index >= 15 is 0 Å². The van der Waals surface area contributed by atoms with Crippen LogP contribution in [0.4, 0.5) is 0 Å². The molecule has 0 unspecified atom stereocenters. The molecule has 12 heavy (non-hydrogen) atoms. The van der Waals surface area contributed by atoms with E-state index in [0.29, 0.717) is 6.29 Å². The molecule has 0 saturated carbocycles. The number of carbonyl (C=O) groups excluding carboxylic acids is 2. The maximum Gasteiger partial charge on any atom is 0.199 e. The maximum absolute atomic E-state index is 10.8. The third-order valence-electron chi connectivity index (χ3n) is 1.76. The lowest BCUT2D eigenvalue weighted by molar-refractivity contribution is -0.129. The molecule has 62 valence electrons. The van der Waals surface area contributed by atoms with Gasteiger partial charge in [-0.1, -0.05) is 24.3 Å². The molecular weight excluding hydrogens is 152 g/mol. The third-order valence-corrected chi connectivity index (χ3v) is 1.76. The Bertz CT molecular complexity index is 302. The molecule has 2 heteroatoms. The molecule has 0 aromatic heterocycles. The van der Waals surface area contributed by atoms with Crippen LogP contribution in [0.1, 0.15) is 11.1 Å². The second-order valence-electron chi connectivity index (χ2n) is 2.69. The van der Waals surface area contributed by atoms with E-state index in [-0.39, 0.29) is 12.2 Å². The Morgan fingerprint density at radius 2 is 2.08 bits per heavy atom. The fourth-order valence-electron chi connectivity index (χ4n) is 1.04. The van der Waals surface area contributed by atoms with Crippen molar-refractivity contribution < 1.29 is 9.59 Å². The molecule has 0 radical (unpaired) electrons. The Morgan fingerprint density at radius 3 is 2.67 bits per heavy atom. The molecule has 0 spiro atoms. The van der Waals surface area contributed by atoms with Crippen molar-refractivity contribution in [3.8, 4) is 0 Å². The zero-order valence-corrected chi connectivity index (χ0v) is 6.91. The van der Waals surface area contributed by atoms with Crippen LogP contribution in [-0.4, -0.2) is 12.1 Å². The van der Waals surface area contributed by atoms with E-state index in [1.165, 1.54) is 0 Å². The van der Waals surface area contributed by atoms with Gasteiger partial charge in [-0.3, -0.25) is 9.59 Å². The highest BCUT2D eigenvalue weighted by molar-refractivity contribution is 6.25. The molecule has 0 atom stereocenters. The number of carbonyl (C=O) groups is 2. The summed E-state index contributed by atoms with van der Waals surface area (Å²) in [4.78, 5) is 20.8. The number of ketones is 1. The highest BCUT2D eigenvalue weighted by Gasteiger charge is 2.02. The number of aryl methyl sites for hydroxylation is 1. The first-order valence-electron chi connectivity index (χ1n) is 3.76. The molecule has 1 aromatic rings. The van der Waals surface area contributed by atoms with Crippen molar-refractivity contribution in [3.63, 3.8) is 0 Å². The summed E-state index contributed by atoms with van der Waals surface area (Å²) in [6, 6.07) is 7.55. The average molecular weight is 162 g/mol. The minimum absolute atomic E-state index is 0.218. The summed E-state index contributed by atoms with van der Waals surface area (Å²) in [6.07, 6.45) is 0.586. The van der Waals surface area contributed by atoms with Crippen molar-refractivity contribution in [1.29, 1.82) is 0 Å². The predicted octanol–water partition coefficient (Wildman–Crippen LogP) is 1.31. The quantitative estimate of drug-likeness (QED) is 0.496. The minimum Gasteiger partial charge on any atom is -0.295 e. The molecule has 0 saturated heterocycles. The highest BCUT2D eigenvalue weighted by atomic mass is 16.2. The number of hydrogen-bond donors (Lipinski definition) is 0. The summed E-state index contributed by atoms with van der Waals surface area (Å²) < 4.78 is 0. The molecular formula is C10H10O2. The van der Waals surface area contributed by atoms with E-state index in [4.69, 9.17) is 0 Å². The molecule has 0 aliphatic rings. The average Bonchev–Trinajstić information content (AvgIpc) is 2.09. The van der Waals surface area contributed by atoms with Gasteiger partial charge >= 0.3 is 0 Å². The van der Waals surface area contributed by atoms with E-state index < -0.39 is 0 Å². The van der Waals surface area contributed by atoms with Gasteiger partial charge in [0.05, 0.1) is 0 Å². The van der Waals surface area contributed by atoms with Crippen molar-refractivity contribution in [2.45, 2.75) is 13.3 Å². The van der Waals surface area contributed by atoms with Gasteiger partial charge in [0.2, 0.25) is 0 Å². The number of aldehydes is 1. The van der Waals surface area contributed by atoms with Crippen LogP contribution in [0.25, 0.3) is 0 Å². The van der Waals surface area contributed by atoms with Gasteiger partial charge in [0.25, 0.3) is 0 Å². The summed E-state index contributed by atoms with van der Waals surface area (Å²) in [6.45, 7) is 1.92. The maximum atomic E-state index is 10.8. The van der Waals surface area contributed by atoms with Crippen LogP contribution in [-0.2, 0) is 16.0 Å². The fraction of sp³-hybridized carbons (Fsp3) is 0.200. The normalized spacial score (nSPS) is 9.42. The Morgan fingerprint density at radius 1 is 1.42 bits per heavy atom. The minimum atomic E-state index is -0.371. The monoisotopic (exact) mass is 162 g/mol. The Kier molecular flexibility index (Phi) is 2.75. The Balaban J connectivity index is 2.82. The smallest absolute Gasteiger partial charge is 0.199 e. The van der Waals surface area contributed by atoms with Crippen LogP contribution in [0, 0.1) is 6.92 Å². The second-order valence-corrected chi connectivity index (χ2v) is 2.69. The SMILES string of the molecule is Cc1ccccc1CC(=O)C=O. The van der Waals surface area contributed by atoms with Crippen molar-refractivity contribution in [1.82, 2.24) is 0 Å². The van der Waals surface area contributed by atoms with E-state index in [0.717, 1.165) is 11.1 Å². The van der Waals surface area contributed by atoms with Crippen LogP contribution in [0.15, 0.2) is 24.3 Å². The number of hydrogen-bond acceptors (Lipinski definition) is 2. The molecule has 0 fully saturated rings. The molecule has 0 aliphatic carbocycles. The van der Waals surface area contributed by atoms with Crippen LogP contribution in [0.5, 0.6) is 0 Å². The van der Waals surface area contributed by atoms with E-state index in [1.807, 2.05) is 31.2 Å². The summed E-state index contributed by atoms with van der Waals surface area (Å²) in [7, 11) is 0. The fourth-order valence-corrected chi connectivity index (χ4v) is 1.04. The summed E-state index contributed by atoms with van der Waals surface area (Å²) in [5.74, 6) is -0.371. The highest BCUT2D eigenvalue weighted by Crippen LogP contribution is 2.07. The molecule has 0 bridgehead atoms. The van der Waals surface area contributed by atoms with Gasteiger partial charge in [-0.25, -0.2) is 0 Å². The zero-order chi connectivity index (χ0) is 8.97. The van der Waals surface area contributed by atoms with Gasteiger partial charge in [0.1, 0.15) is 0 Å². The van der Waals surface area contributed by atoms with Crippen molar-refractivity contribution in [2.75, 3.05) is 0 Å². The second kappa shape index (κ2) is 3.81. The summed E-state index contributed by atoms with van der Waals surface area (Å²) >= 11 is 0. The Hall–Kier alpha value is -1.44. The standard InChI is InChI=1S/C10H10O2/c1-8-4-2-3-5-9(8)6-10(12)7-11/h2-5,7H,6H2,1H3. The van der Waals surface area contributed by atoms with Gasteiger partial charge in [-0.2, -0.15) is 0 Å². The molecule has 1 aromatic carbocycles. The number of Topliss-reactive ketones (excluding diaryl/α,β-unsaturated/α-hetero) is 1. The molecule has 1 rings (SSSR count). The Labute approximate surface area is 71.2 Å². The van der Waals surface area contributed by atoms with Gasteiger partial charge in [-0.15, -0.1) is 0 Å². The molecule has 0 N–H and O–H groups in total. The topological polar surface area (TPSA) is 34.1 Å². The van der Waals surface area contributed by atoms with Gasteiger partial charge < -0.3 is 0 Å². The lowest BCUT2D eigenvalue weighted by atomic mass is 10.0. The van der Waals surface area contributed by atoms with E-state index in [1.54, 1.807) is 0 Å². The zero-order valence-electron chi connectivity index (χ0n) is 6.91. The largest absolute Gasteiger partial charge is 0.295 e. The molecule has 2 nitrogen and oxygen atoms in total. The van der Waals surface area contributed by atoms with E-state index in [2.05, 4.69) is 0 Å². The first-order valence-corrected chi connectivity index (χ1v) is 3.76. The van der Waals surface area contributed by atoms with Crippen LogP contribution in [0.2, 0.25) is 0 Å². The molecule has 0 heterocycles.